The van der Waals surface area contributed by atoms with Gasteiger partial charge in [0.05, 0.1) is 12.1 Å². The molecule has 1 aromatic heterocycles. The van der Waals surface area contributed by atoms with Crippen molar-refractivity contribution in [3.8, 4) is 0 Å². The Morgan fingerprint density at radius 2 is 2.14 bits per heavy atom. The van der Waals surface area contributed by atoms with Crippen molar-refractivity contribution in [2.24, 2.45) is 0 Å². The Bertz CT molecular complexity index is 314. The Kier molecular flexibility index (Phi) is 2.63. The van der Waals surface area contributed by atoms with E-state index < -0.39 is 0 Å². The molecule has 1 fully saturated rings. The Morgan fingerprint density at radius 3 is 2.79 bits per heavy atom. The van der Waals surface area contributed by atoms with E-state index in [1.54, 1.807) is 16.9 Å². The maximum absolute atomic E-state index is 10.7. The van der Waals surface area contributed by atoms with E-state index in [0.717, 1.165) is 32.0 Å². The van der Waals surface area contributed by atoms with Gasteiger partial charge in [0.15, 0.2) is 6.29 Å². The van der Waals surface area contributed by atoms with Crippen LogP contribution in [0, 0.1) is 0 Å². The fourth-order valence-electron chi connectivity index (χ4n) is 2.03. The van der Waals surface area contributed by atoms with Gasteiger partial charge in [-0.2, -0.15) is 5.10 Å². The average Bonchev–Trinajstić information content (AvgIpc) is 2.67. The van der Waals surface area contributed by atoms with Crippen molar-refractivity contribution in [2.45, 2.75) is 37.8 Å². The van der Waals surface area contributed by atoms with Gasteiger partial charge in [-0.3, -0.25) is 9.48 Å². The summed E-state index contributed by atoms with van der Waals surface area (Å²) in [5.74, 6) is 0. The molecule has 4 heteroatoms. The van der Waals surface area contributed by atoms with Gasteiger partial charge in [0.25, 0.3) is 0 Å². The monoisotopic (exact) mass is 194 g/mol. The summed E-state index contributed by atoms with van der Waals surface area (Å²) in [6.07, 6.45) is 5.74. The van der Waals surface area contributed by atoms with Gasteiger partial charge in [-0.25, -0.2) is 0 Å². The zero-order chi connectivity index (χ0) is 9.97. The summed E-state index contributed by atoms with van der Waals surface area (Å²) < 4.78 is 1.78. The number of aromatic nitrogens is 2. The molecule has 14 heavy (non-hydrogen) atoms. The van der Waals surface area contributed by atoms with Gasteiger partial charge in [0, 0.05) is 6.20 Å². The lowest BCUT2D eigenvalue weighted by Crippen LogP contribution is -2.22. The molecule has 0 saturated heterocycles. The minimum atomic E-state index is -0.165. The number of carbonyl (C=O) groups excluding carboxylic acids is 1. The summed E-state index contributed by atoms with van der Waals surface area (Å²) in [7, 11) is 0. The third-order valence-corrected chi connectivity index (χ3v) is 2.83. The van der Waals surface area contributed by atoms with Crippen LogP contribution >= 0.6 is 0 Å². The van der Waals surface area contributed by atoms with Crippen molar-refractivity contribution in [2.75, 3.05) is 0 Å². The summed E-state index contributed by atoms with van der Waals surface area (Å²) in [4.78, 5) is 10.7. The molecule has 76 valence electrons. The van der Waals surface area contributed by atoms with E-state index in [-0.39, 0.29) is 12.1 Å². The highest BCUT2D eigenvalue weighted by atomic mass is 16.3. The molecule has 1 N–H and O–H groups in total. The molecule has 1 aliphatic rings. The molecule has 0 aliphatic heterocycles. The standard InChI is InChI=1S/C10H14N2O2/c13-7-9-5-6-11-12(9)8-1-3-10(14)4-2-8/h5-8,10,14H,1-4H2. The quantitative estimate of drug-likeness (QED) is 0.719. The molecular formula is C10H14N2O2. The summed E-state index contributed by atoms with van der Waals surface area (Å²) in [5.41, 5.74) is 0.631. The predicted molar refractivity (Wildman–Crippen MR) is 51.1 cm³/mol. The van der Waals surface area contributed by atoms with Crippen molar-refractivity contribution in [1.82, 2.24) is 9.78 Å². The molecule has 1 saturated carbocycles. The Balaban J connectivity index is 2.11. The van der Waals surface area contributed by atoms with Gasteiger partial charge >= 0.3 is 0 Å². The average molecular weight is 194 g/mol. The normalized spacial score (nSPS) is 27.5. The minimum Gasteiger partial charge on any atom is -0.393 e. The first-order chi connectivity index (χ1) is 6.81. The predicted octanol–water partition coefficient (Wildman–Crippen LogP) is 1.17. The molecule has 4 nitrogen and oxygen atoms in total. The van der Waals surface area contributed by atoms with Crippen LogP contribution < -0.4 is 0 Å². The molecule has 0 amide bonds. The Labute approximate surface area is 82.5 Å². The van der Waals surface area contributed by atoms with Crippen LogP contribution in [-0.4, -0.2) is 27.3 Å². The van der Waals surface area contributed by atoms with E-state index in [0.29, 0.717) is 5.69 Å². The van der Waals surface area contributed by atoms with Gasteiger partial charge in [-0.1, -0.05) is 0 Å². The van der Waals surface area contributed by atoms with E-state index >= 15 is 0 Å². The van der Waals surface area contributed by atoms with Crippen LogP contribution in [0.1, 0.15) is 42.2 Å². The van der Waals surface area contributed by atoms with Crippen LogP contribution in [-0.2, 0) is 0 Å². The van der Waals surface area contributed by atoms with Gasteiger partial charge in [-0.15, -0.1) is 0 Å². The van der Waals surface area contributed by atoms with Gasteiger partial charge < -0.3 is 5.11 Å². The Hall–Kier alpha value is -1.16. The van der Waals surface area contributed by atoms with Crippen molar-refractivity contribution >= 4 is 6.29 Å². The van der Waals surface area contributed by atoms with Crippen LogP contribution in [0.4, 0.5) is 0 Å². The molecule has 0 spiro atoms. The van der Waals surface area contributed by atoms with E-state index in [2.05, 4.69) is 5.10 Å². The van der Waals surface area contributed by atoms with Crippen LogP contribution in [0.2, 0.25) is 0 Å². The number of aldehydes is 1. The first kappa shape index (κ1) is 9.40. The smallest absolute Gasteiger partial charge is 0.168 e. The molecule has 0 radical (unpaired) electrons. The fourth-order valence-corrected chi connectivity index (χ4v) is 2.03. The second kappa shape index (κ2) is 3.92. The number of hydrogen-bond donors (Lipinski definition) is 1. The highest BCUT2D eigenvalue weighted by Crippen LogP contribution is 2.28. The first-order valence-corrected chi connectivity index (χ1v) is 4.98. The lowest BCUT2D eigenvalue weighted by molar-refractivity contribution is 0.103. The fraction of sp³-hybridized carbons (Fsp3) is 0.600. The summed E-state index contributed by atoms with van der Waals surface area (Å²) >= 11 is 0. The zero-order valence-electron chi connectivity index (χ0n) is 7.97. The number of carbonyl (C=O) groups is 1. The van der Waals surface area contributed by atoms with Crippen molar-refractivity contribution in [3.63, 3.8) is 0 Å². The molecular weight excluding hydrogens is 180 g/mol. The van der Waals surface area contributed by atoms with Gasteiger partial charge in [0.1, 0.15) is 5.69 Å². The largest absolute Gasteiger partial charge is 0.393 e. The highest BCUT2D eigenvalue weighted by molar-refractivity contribution is 5.71. The van der Waals surface area contributed by atoms with Crippen molar-refractivity contribution < 1.29 is 9.90 Å². The summed E-state index contributed by atoms with van der Waals surface area (Å²) in [5, 5.41) is 13.5. The van der Waals surface area contributed by atoms with Gasteiger partial charge in [-0.05, 0) is 31.7 Å². The molecule has 0 aromatic carbocycles. The molecule has 0 atom stereocenters. The van der Waals surface area contributed by atoms with Crippen LogP contribution in [0.5, 0.6) is 0 Å². The number of aliphatic hydroxyl groups is 1. The first-order valence-electron chi connectivity index (χ1n) is 4.98. The van der Waals surface area contributed by atoms with Crippen LogP contribution in [0.15, 0.2) is 12.3 Å². The molecule has 2 rings (SSSR count). The van der Waals surface area contributed by atoms with E-state index in [9.17, 15) is 9.90 Å². The number of hydrogen-bond acceptors (Lipinski definition) is 3. The van der Waals surface area contributed by atoms with E-state index in [4.69, 9.17) is 0 Å². The minimum absolute atomic E-state index is 0.165. The maximum Gasteiger partial charge on any atom is 0.168 e. The summed E-state index contributed by atoms with van der Waals surface area (Å²) in [6, 6.07) is 2.01. The number of rotatable bonds is 2. The topological polar surface area (TPSA) is 55.1 Å². The Morgan fingerprint density at radius 1 is 1.43 bits per heavy atom. The van der Waals surface area contributed by atoms with E-state index in [1.807, 2.05) is 0 Å². The molecule has 1 heterocycles. The van der Waals surface area contributed by atoms with Crippen molar-refractivity contribution in [3.05, 3.63) is 18.0 Å². The number of aliphatic hydroxyl groups excluding tert-OH is 1. The highest BCUT2D eigenvalue weighted by Gasteiger charge is 2.22. The van der Waals surface area contributed by atoms with Gasteiger partial charge in [0.2, 0.25) is 0 Å². The second-order valence-electron chi connectivity index (χ2n) is 3.78. The SMILES string of the molecule is O=Cc1ccnn1C1CCC(O)CC1. The number of nitrogens with zero attached hydrogens (tertiary/aromatic N) is 2. The zero-order valence-corrected chi connectivity index (χ0v) is 7.97. The molecule has 0 unspecified atom stereocenters. The van der Waals surface area contributed by atoms with E-state index in [1.165, 1.54) is 0 Å². The lowest BCUT2D eigenvalue weighted by atomic mass is 9.93. The van der Waals surface area contributed by atoms with Crippen LogP contribution in [0.3, 0.4) is 0 Å². The maximum atomic E-state index is 10.7. The van der Waals surface area contributed by atoms with Crippen molar-refractivity contribution in [1.29, 1.82) is 0 Å². The molecule has 0 bridgehead atoms. The summed E-state index contributed by atoms with van der Waals surface area (Å²) in [6.45, 7) is 0. The third-order valence-electron chi connectivity index (χ3n) is 2.83. The van der Waals surface area contributed by atoms with Crippen LogP contribution in [0.25, 0.3) is 0 Å². The molecule has 1 aliphatic carbocycles. The lowest BCUT2D eigenvalue weighted by Gasteiger charge is -2.26. The molecule has 1 aromatic rings. The third kappa shape index (κ3) is 1.70. The second-order valence-corrected chi connectivity index (χ2v) is 3.78.